The summed E-state index contributed by atoms with van der Waals surface area (Å²) in [4.78, 5) is 0. The molecule has 0 amide bonds. The van der Waals surface area contributed by atoms with Gasteiger partial charge in [-0.25, -0.2) is 8.78 Å². The van der Waals surface area contributed by atoms with E-state index in [9.17, 15) is 8.78 Å². The normalized spacial score (nSPS) is 20.4. The SMILES string of the molecule is N[C@@H]1CCOc2cc(C(F)F)ccc21. The fourth-order valence-corrected chi connectivity index (χ4v) is 1.57. The van der Waals surface area contributed by atoms with Crippen LogP contribution >= 0.6 is 0 Å². The van der Waals surface area contributed by atoms with Crippen molar-refractivity contribution in [1.29, 1.82) is 0 Å². The van der Waals surface area contributed by atoms with Crippen LogP contribution in [0.3, 0.4) is 0 Å². The topological polar surface area (TPSA) is 35.2 Å². The van der Waals surface area contributed by atoms with Crippen LogP contribution in [0.25, 0.3) is 0 Å². The van der Waals surface area contributed by atoms with Crippen molar-refractivity contribution in [3.63, 3.8) is 0 Å². The van der Waals surface area contributed by atoms with Gasteiger partial charge in [-0.15, -0.1) is 0 Å². The monoisotopic (exact) mass is 199 g/mol. The summed E-state index contributed by atoms with van der Waals surface area (Å²) in [6, 6.07) is 4.31. The Labute approximate surface area is 80.7 Å². The Bertz CT molecular complexity index is 341. The van der Waals surface area contributed by atoms with Crippen LogP contribution in [0.2, 0.25) is 0 Å². The van der Waals surface area contributed by atoms with E-state index < -0.39 is 6.43 Å². The third-order valence-corrected chi connectivity index (χ3v) is 2.38. The summed E-state index contributed by atoms with van der Waals surface area (Å²) in [6.45, 7) is 0.501. The van der Waals surface area contributed by atoms with Crippen molar-refractivity contribution < 1.29 is 13.5 Å². The predicted octanol–water partition coefficient (Wildman–Crippen LogP) is 2.41. The molecule has 2 nitrogen and oxygen atoms in total. The molecule has 0 saturated carbocycles. The summed E-state index contributed by atoms with van der Waals surface area (Å²) in [7, 11) is 0. The number of nitrogens with two attached hydrogens (primary N) is 1. The van der Waals surface area contributed by atoms with Gasteiger partial charge in [0.2, 0.25) is 0 Å². The van der Waals surface area contributed by atoms with Crippen molar-refractivity contribution >= 4 is 0 Å². The quantitative estimate of drug-likeness (QED) is 0.753. The highest BCUT2D eigenvalue weighted by Gasteiger charge is 2.19. The van der Waals surface area contributed by atoms with Crippen LogP contribution in [-0.2, 0) is 0 Å². The number of alkyl halides is 2. The van der Waals surface area contributed by atoms with E-state index in [1.807, 2.05) is 0 Å². The minimum absolute atomic E-state index is 0.0159. The Morgan fingerprint density at radius 2 is 2.21 bits per heavy atom. The summed E-state index contributed by atoms with van der Waals surface area (Å²) in [6.07, 6.45) is -1.72. The van der Waals surface area contributed by atoms with Crippen molar-refractivity contribution in [3.8, 4) is 5.75 Å². The van der Waals surface area contributed by atoms with Gasteiger partial charge in [0.05, 0.1) is 6.61 Å². The van der Waals surface area contributed by atoms with Gasteiger partial charge < -0.3 is 10.5 Å². The molecule has 76 valence electrons. The summed E-state index contributed by atoms with van der Waals surface area (Å²) in [5.74, 6) is 0.501. The zero-order chi connectivity index (χ0) is 10.1. The minimum Gasteiger partial charge on any atom is -0.493 e. The highest BCUT2D eigenvalue weighted by molar-refractivity contribution is 5.41. The minimum atomic E-state index is -2.46. The molecular weight excluding hydrogens is 188 g/mol. The molecule has 1 heterocycles. The Kier molecular flexibility index (Phi) is 2.37. The van der Waals surface area contributed by atoms with Gasteiger partial charge in [-0.2, -0.15) is 0 Å². The number of ether oxygens (including phenoxy) is 1. The van der Waals surface area contributed by atoms with E-state index in [1.165, 1.54) is 12.1 Å². The summed E-state index contributed by atoms with van der Waals surface area (Å²) < 4.78 is 30.0. The first-order valence-electron chi connectivity index (χ1n) is 4.49. The molecule has 0 fully saturated rings. The molecule has 0 aliphatic carbocycles. The van der Waals surface area contributed by atoms with Crippen molar-refractivity contribution in [1.82, 2.24) is 0 Å². The number of hydrogen-bond donors (Lipinski definition) is 1. The molecule has 14 heavy (non-hydrogen) atoms. The van der Waals surface area contributed by atoms with Crippen LogP contribution in [0.5, 0.6) is 5.75 Å². The van der Waals surface area contributed by atoms with Crippen molar-refractivity contribution in [2.45, 2.75) is 18.9 Å². The second-order valence-corrected chi connectivity index (χ2v) is 3.34. The molecule has 1 atom stereocenters. The van der Waals surface area contributed by atoms with Crippen LogP contribution in [0.15, 0.2) is 18.2 Å². The summed E-state index contributed by atoms with van der Waals surface area (Å²) in [5.41, 5.74) is 6.61. The lowest BCUT2D eigenvalue weighted by Crippen LogP contribution is -2.20. The van der Waals surface area contributed by atoms with Gasteiger partial charge in [-0.3, -0.25) is 0 Å². The molecule has 0 unspecified atom stereocenters. The van der Waals surface area contributed by atoms with E-state index in [4.69, 9.17) is 10.5 Å². The second kappa shape index (κ2) is 3.53. The molecule has 0 spiro atoms. The van der Waals surface area contributed by atoms with Crippen LogP contribution in [0, 0.1) is 0 Å². The molecule has 0 saturated heterocycles. The molecule has 1 aromatic rings. The Morgan fingerprint density at radius 1 is 1.43 bits per heavy atom. The van der Waals surface area contributed by atoms with Gasteiger partial charge in [0.25, 0.3) is 6.43 Å². The lowest BCUT2D eigenvalue weighted by Gasteiger charge is -2.23. The van der Waals surface area contributed by atoms with Gasteiger partial charge in [-0.1, -0.05) is 12.1 Å². The van der Waals surface area contributed by atoms with E-state index in [1.54, 1.807) is 6.07 Å². The van der Waals surface area contributed by atoms with E-state index in [2.05, 4.69) is 0 Å². The number of halogens is 2. The van der Waals surface area contributed by atoms with E-state index in [0.717, 1.165) is 12.0 Å². The number of fused-ring (bicyclic) bond motifs is 1. The van der Waals surface area contributed by atoms with Gasteiger partial charge >= 0.3 is 0 Å². The van der Waals surface area contributed by atoms with Gasteiger partial charge in [-0.05, 0) is 6.07 Å². The van der Waals surface area contributed by atoms with Gasteiger partial charge in [0.1, 0.15) is 5.75 Å². The van der Waals surface area contributed by atoms with Gasteiger partial charge in [0, 0.05) is 23.6 Å². The molecular formula is C10H11F2NO. The van der Waals surface area contributed by atoms with Crippen LogP contribution in [-0.4, -0.2) is 6.61 Å². The Hall–Kier alpha value is -1.16. The maximum atomic E-state index is 12.3. The molecule has 4 heteroatoms. The molecule has 2 rings (SSSR count). The zero-order valence-corrected chi connectivity index (χ0v) is 7.54. The fraction of sp³-hybridized carbons (Fsp3) is 0.400. The molecule has 0 bridgehead atoms. The number of rotatable bonds is 1. The highest BCUT2D eigenvalue weighted by atomic mass is 19.3. The maximum absolute atomic E-state index is 12.3. The van der Waals surface area contributed by atoms with E-state index in [-0.39, 0.29) is 11.6 Å². The molecule has 0 radical (unpaired) electrons. The molecule has 1 aliphatic rings. The van der Waals surface area contributed by atoms with E-state index >= 15 is 0 Å². The molecule has 2 N–H and O–H groups in total. The average molecular weight is 199 g/mol. The summed E-state index contributed by atoms with van der Waals surface area (Å²) >= 11 is 0. The Morgan fingerprint density at radius 3 is 2.93 bits per heavy atom. The van der Waals surface area contributed by atoms with Gasteiger partial charge in [0.15, 0.2) is 0 Å². The number of benzene rings is 1. The molecule has 1 aromatic carbocycles. The first kappa shape index (κ1) is 9.40. The van der Waals surface area contributed by atoms with Crippen LogP contribution < -0.4 is 10.5 Å². The first-order chi connectivity index (χ1) is 6.68. The largest absolute Gasteiger partial charge is 0.493 e. The molecule has 1 aliphatic heterocycles. The third-order valence-electron chi connectivity index (χ3n) is 2.38. The standard InChI is InChI=1S/C10H11F2NO/c11-10(12)6-1-2-7-8(13)3-4-14-9(7)5-6/h1-2,5,8,10H,3-4,13H2/t8-/m1/s1. The van der Waals surface area contributed by atoms with Crippen molar-refractivity contribution in [2.75, 3.05) is 6.61 Å². The molecule has 0 aromatic heterocycles. The lowest BCUT2D eigenvalue weighted by atomic mass is 10.00. The van der Waals surface area contributed by atoms with Crippen molar-refractivity contribution in [3.05, 3.63) is 29.3 Å². The van der Waals surface area contributed by atoms with Crippen molar-refractivity contribution in [2.24, 2.45) is 5.73 Å². The Balaban J connectivity index is 2.39. The maximum Gasteiger partial charge on any atom is 0.263 e. The first-order valence-corrected chi connectivity index (χ1v) is 4.49. The summed E-state index contributed by atoms with van der Waals surface area (Å²) in [5, 5.41) is 0. The smallest absolute Gasteiger partial charge is 0.263 e. The average Bonchev–Trinajstić information content (AvgIpc) is 2.17. The highest BCUT2D eigenvalue weighted by Crippen LogP contribution is 2.33. The number of hydrogen-bond acceptors (Lipinski definition) is 2. The van der Waals surface area contributed by atoms with Crippen LogP contribution in [0.1, 0.15) is 30.0 Å². The third kappa shape index (κ3) is 1.57. The zero-order valence-electron chi connectivity index (χ0n) is 7.54. The predicted molar refractivity (Wildman–Crippen MR) is 48.4 cm³/mol. The second-order valence-electron chi connectivity index (χ2n) is 3.34. The lowest BCUT2D eigenvalue weighted by molar-refractivity contribution is 0.150. The fourth-order valence-electron chi connectivity index (χ4n) is 1.57. The van der Waals surface area contributed by atoms with Crippen LogP contribution in [0.4, 0.5) is 8.78 Å². The van der Waals surface area contributed by atoms with E-state index in [0.29, 0.717) is 12.4 Å².